The Bertz CT molecular complexity index is 605. The molecular formula is C15H18BrN3O. The summed E-state index contributed by atoms with van der Waals surface area (Å²) in [5.41, 5.74) is 9.72. The summed E-state index contributed by atoms with van der Waals surface area (Å²) in [6.45, 7) is 3.62. The van der Waals surface area contributed by atoms with Crippen molar-refractivity contribution in [2.24, 2.45) is 11.7 Å². The number of imidazole rings is 1. The maximum atomic E-state index is 6.41. The molecule has 1 aromatic carbocycles. The average Bonchev–Trinajstić information content (AvgIpc) is 3.11. The lowest BCUT2D eigenvalue weighted by atomic mass is 9.97. The van der Waals surface area contributed by atoms with Gasteiger partial charge in [-0.2, -0.15) is 0 Å². The van der Waals surface area contributed by atoms with E-state index >= 15 is 0 Å². The summed E-state index contributed by atoms with van der Waals surface area (Å²) in [6.07, 6.45) is 4.70. The summed E-state index contributed by atoms with van der Waals surface area (Å²) < 4.78 is 8.59. The Hall–Kier alpha value is -1.17. The van der Waals surface area contributed by atoms with Crippen molar-refractivity contribution < 1.29 is 4.74 Å². The molecular weight excluding hydrogens is 318 g/mol. The molecule has 0 aliphatic carbocycles. The van der Waals surface area contributed by atoms with Gasteiger partial charge in [0.2, 0.25) is 0 Å². The molecule has 0 radical (unpaired) electrons. The summed E-state index contributed by atoms with van der Waals surface area (Å²) >= 11 is 3.65. The van der Waals surface area contributed by atoms with Crippen molar-refractivity contribution in [3.8, 4) is 5.69 Å². The predicted molar refractivity (Wildman–Crippen MR) is 81.9 cm³/mol. The Morgan fingerprint density at radius 1 is 1.50 bits per heavy atom. The van der Waals surface area contributed by atoms with Crippen LogP contribution >= 0.6 is 15.9 Å². The third-order valence-electron chi connectivity index (χ3n) is 3.91. The summed E-state index contributed by atoms with van der Waals surface area (Å²) in [5, 5.41) is 0. The second kappa shape index (κ2) is 5.68. The molecule has 0 bridgehead atoms. The number of nitrogens with two attached hydrogens (primary N) is 1. The van der Waals surface area contributed by atoms with Crippen LogP contribution in [-0.4, -0.2) is 22.8 Å². The van der Waals surface area contributed by atoms with E-state index in [9.17, 15) is 0 Å². The van der Waals surface area contributed by atoms with Crippen molar-refractivity contribution in [2.75, 3.05) is 13.2 Å². The minimum absolute atomic E-state index is 0.0487. The van der Waals surface area contributed by atoms with E-state index in [0.717, 1.165) is 35.5 Å². The van der Waals surface area contributed by atoms with Gasteiger partial charge in [-0.3, -0.25) is 0 Å². The molecule has 0 amide bonds. The monoisotopic (exact) mass is 335 g/mol. The third-order valence-corrected chi connectivity index (χ3v) is 4.94. The van der Waals surface area contributed by atoms with E-state index < -0.39 is 0 Å². The third kappa shape index (κ3) is 2.41. The van der Waals surface area contributed by atoms with Crippen molar-refractivity contribution in [3.63, 3.8) is 0 Å². The van der Waals surface area contributed by atoms with E-state index in [2.05, 4.69) is 44.5 Å². The fourth-order valence-corrected chi connectivity index (χ4v) is 3.10. The fourth-order valence-electron chi connectivity index (χ4n) is 2.65. The van der Waals surface area contributed by atoms with Gasteiger partial charge in [-0.15, -0.1) is 0 Å². The van der Waals surface area contributed by atoms with E-state index in [4.69, 9.17) is 10.5 Å². The first-order valence-electron chi connectivity index (χ1n) is 6.79. The number of rotatable bonds is 3. The number of nitrogens with zero attached hydrogens (tertiary/aromatic N) is 2. The molecule has 4 nitrogen and oxygen atoms in total. The first-order valence-corrected chi connectivity index (χ1v) is 7.59. The standard InChI is InChI=1S/C15H18BrN3O/c1-10-3-2-4-12(14(10)16)19-9-18-7-13(19)15(17)11-5-6-20-8-11/h2-4,7,9,11,15H,5-6,8,17H2,1H3. The second-order valence-corrected chi connectivity index (χ2v) is 6.04. The molecule has 2 N–H and O–H groups in total. The number of hydrogen-bond acceptors (Lipinski definition) is 3. The van der Waals surface area contributed by atoms with Crippen LogP contribution in [0.5, 0.6) is 0 Å². The van der Waals surface area contributed by atoms with Crippen LogP contribution in [0.15, 0.2) is 35.2 Å². The Morgan fingerprint density at radius 2 is 2.35 bits per heavy atom. The topological polar surface area (TPSA) is 53.1 Å². The highest BCUT2D eigenvalue weighted by atomic mass is 79.9. The molecule has 0 spiro atoms. The number of aryl methyl sites for hydroxylation is 1. The van der Waals surface area contributed by atoms with Crippen molar-refractivity contribution >= 4 is 15.9 Å². The molecule has 0 saturated carbocycles. The van der Waals surface area contributed by atoms with Crippen LogP contribution < -0.4 is 5.73 Å². The van der Waals surface area contributed by atoms with E-state index in [1.807, 2.05) is 18.6 Å². The summed E-state index contributed by atoms with van der Waals surface area (Å²) in [6, 6.07) is 6.14. The van der Waals surface area contributed by atoms with Gasteiger partial charge in [0.1, 0.15) is 0 Å². The van der Waals surface area contributed by atoms with Gasteiger partial charge in [0.15, 0.2) is 0 Å². The van der Waals surface area contributed by atoms with E-state index in [1.165, 1.54) is 5.56 Å². The van der Waals surface area contributed by atoms with Gasteiger partial charge in [-0.05, 0) is 40.9 Å². The van der Waals surface area contributed by atoms with Crippen LogP contribution in [0.2, 0.25) is 0 Å². The number of benzene rings is 1. The van der Waals surface area contributed by atoms with Crippen LogP contribution in [0.3, 0.4) is 0 Å². The molecule has 2 atom stereocenters. The smallest absolute Gasteiger partial charge is 0.0995 e. The largest absolute Gasteiger partial charge is 0.381 e. The molecule has 2 aromatic rings. The van der Waals surface area contributed by atoms with E-state index in [1.54, 1.807) is 0 Å². The lowest BCUT2D eigenvalue weighted by Crippen LogP contribution is -2.24. The molecule has 1 aliphatic heterocycles. The normalized spacial score (nSPS) is 20.2. The molecule has 2 unspecified atom stereocenters. The number of aromatic nitrogens is 2. The zero-order valence-electron chi connectivity index (χ0n) is 11.4. The minimum atomic E-state index is -0.0487. The Morgan fingerprint density at radius 3 is 3.10 bits per heavy atom. The summed E-state index contributed by atoms with van der Waals surface area (Å²) in [4.78, 5) is 4.28. The van der Waals surface area contributed by atoms with Gasteiger partial charge < -0.3 is 15.0 Å². The molecule has 1 aromatic heterocycles. The quantitative estimate of drug-likeness (QED) is 0.938. The molecule has 3 rings (SSSR count). The zero-order chi connectivity index (χ0) is 14.1. The van der Waals surface area contributed by atoms with Crippen molar-refractivity contribution in [1.82, 2.24) is 9.55 Å². The van der Waals surface area contributed by atoms with Crippen LogP contribution in [-0.2, 0) is 4.74 Å². The highest BCUT2D eigenvalue weighted by Crippen LogP contribution is 2.31. The fraction of sp³-hybridized carbons (Fsp3) is 0.400. The van der Waals surface area contributed by atoms with Gasteiger partial charge in [-0.1, -0.05) is 12.1 Å². The number of ether oxygens (including phenoxy) is 1. The first-order chi connectivity index (χ1) is 9.68. The first kappa shape index (κ1) is 13.8. The highest BCUT2D eigenvalue weighted by Gasteiger charge is 2.26. The highest BCUT2D eigenvalue weighted by molar-refractivity contribution is 9.10. The average molecular weight is 336 g/mol. The van der Waals surface area contributed by atoms with Gasteiger partial charge >= 0.3 is 0 Å². The number of halogens is 1. The minimum Gasteiger partial charge on any atom is -0.381 e. The summed E-state index contributed by atoms with van der Waals surface area (Å²) in [7, 11) is 0. The molecule has 106 valence electrons. The van der Waals surface area contributed by atoms with Crippen LogP contribution in [0.1, 0.15) is 23.7 Å². The van der Waals surface area contributed by atoms with Gasteiger partial charge in [-0.25, -0.2) is 4.98 Å². The predicted octanol–water partition coefficient (Wildman–Crippen LogP) is 2.98. The molecule has 2 heterocycles. The Labute approximate surface area is 127 Å². The van der Waals surface area contributed by atoms with Crippen molar-refractivity contribution in [2.45, 2.75) is 19.4 Å². The van der Waals surface area contributed by atoms with Crippen LogP contribution in [0.4, 0.5) is 0 Å². The van der Waals surface area contributed by atoms with Crippen molar-refractivity contribution in [3.05, 3.63) is 46.5 Å². The van der Waals surface area contributed by atoms with Gasteiger partial charge in [0.05, 0.1) is 36.6 Å². The number of hydrogen-bond donors (Lipinski definition) is 1. The zero-order valence-corrected chi connectivity index (χ0v) is 13.0. The van der Waals surface area contributed by atoms with E-state index in [0.29, 0.717) is 5.92 Å². The maximum Gasteiger partial charge on any atom is 0.0995 e. The SMILES string of the molecule is Cc1cccc(-n2cncc2C(N)C2CCOC2)c1Br. The van der Waals surface area contributed by atoms with Crippen LogP contribution in [0, 0.1) is 12.8 Å². The molecule has 1 fully saturated rings. The van der Waals surface area contributed by atoms with Crippen molar-refractivity contribution in [1.29, 1.82) is 0 Å². The Balaban J connectivity index is 1.99. The van der Waals surface area contributed by atoms with Gasteiger partial charge in [0.25, 0.3) is 0 Å². The lowest BCUT2D eigenvalue weighted by Gasteiger charge is -2.20. The molecule has 5 heteroatoms. The molecule has 20 heavy (non-hydrogen) atoms. The van der Waals surface area contributed by atoms with E-state index in [-0.39, 0.29) is 6.04 Å². The maximum absolute atomic E-state index is 6.41. The summed E-state index contributed by atoms with van der Waals surface area (Å²) in [5.74, 6) is 0.369. The van der Waals surface area contributed by atoms with Crippen LogP contribution in [0.25, 0.3) is 5.69 Å². The lowest BCUT2D eigenvalue weighted by molar-refractivity contribution is 0.180. The molecule has 1 saturated heterocycles. The second-order valence-electron chi connectivity index (χ2n) is 5.25. The Kier molecular flexibility index (Phi) is 3.92. The van der Waals surface area contributed by atoms with Gasteiger partial charge in [0, 0.05) is 17.0 Å². The molecule has 1 aliphatic rings.